The van der Waals surface area contributed by atoms with E-state index in [1.807, 2.05) is 6.07 Å². The zero-order valence-corrected chi connectivity index (χ0v) is 8.88. The molecule has 1 rings (SSSR count). The summed E-state index contributed by atoms with van der Waals surface area (Å²) in [5.74, 6) is 5.33. The van der Waals surface area contributed by atoms with Crippen molar-refractivity contribution in [2.24, 2.45) is 5.73 Å². The van der Waals surface area contributed by atoms with Gasteiger partial charge in [-0.3, -0.25) is 0 Å². The Kier molecular flexibility index (Phi) is 4.75. The predicted octanol–water partition coefficient (Wildman–Crippen LogP) is 1.44. The Morgan fingerprint density at radius 1 is 1.47 bits per heavy atom. The summed E-state index contributed by atoms with van der Waals surface area (Å²) >= 11 is 1.50. The highest BCUT2D eigenvalue weighted by Gasteiger charge is 2.02. The van der Waals surface area contributed by atoms with Gasteiger partial charge in [-0.05, 0) is 18.2 Å². The zero-order chi connectivity index (χ0) is 11.1. The van der Waals surface area contributed by atoms with Gasteiger partial charge in [-0.15, -0.1) is 11.8 Å². The molecule has 0 atom stereocenters. The topological polar surface area (TPSA) is 63.3 Å². The quantitative estimate of drug-likeness (QED) is 0.599. The van der Waals surface area contributed by atoms with Crippen LogP contribution in [0.3, 0.4) is 0 Å². The van der Waals surface area contributed by atoms with Crippen molar-refractivity contribution in [1.29, 1.82) is 0 Å². The van der Waals surface area contributed by atoms with Crippen LogP contribution in [-0.4, -0.2) is 23.4 Å². The van der Waals surface area contributed by atoms with Crippen molar-refractivity contribution in [1.82, 2.24) is 0 Å². The molecule has 78 valence electrons. The Morgan fingerprint density at radius 2 is 2.27 bits per heavy atom. The van der Waals surface area contributed by atoms with Crippen LogP contribution in [0.25, 0.3) is 0 Å². The first-order valence-corrected chi connectivity index (χ1v) is 5.34. The summed E-state index contributed by atoms with van der Waals surface area (Å²) in [6, 6.07) is 6.79. The minimum Gasteiger partial charge on any atom is -0.478 e. The summed E-state index contributed by atoms with van der Waals surface area (Å²) in [4.78, 5) is 11.6. The normalized spacial score (nSPS) is 9.13. The van der Waals surface area contributed by atoms with E-state index in [2.05, 4.69) is 11.8 Å². The third-order valence-corrected chi connectivity index (χ3v) is 2.49. The molecule has 4 heteroatoms. The lowest BCUT2D eigenvalue weighted by Gasteiger charge is -1.98. The lowest BCUT2D eigenvalue weighted by molar-refractivity contribution is 0.0696. The smallest absolute Gasteiger partial charge is 0.335 e. The van der Waals surface area contributed by atoms with Crippen molar-refractivity contribution in [3.05, 3.63) is 29.8 Å². The van der Waals surface area contributed by atoms with E-state index in [-0.39, 0.29) is 0 Å². The van der Waals surface area contributed by atoms with E-state index >= 15 is 0 Å². The molecule has 0 spiro atoms. The number of benzene rings is 1. The van der Waals surface area contributed by atoms with Crippen LogP contribution >= 0.6 is 11.8 Å². The van der Waals surface area contributed by atoms with Crippen molar-refractivity contribution in [3.63, 3.8) is 0 Å². The van der Waals surface area contributed by atoms with E-state index < -0.39 is 5.97 Å². The molecule has 0 aliphatic heterocycles. The fourth-order valence-electron chi connectivity index (χ4n) is 0.962. The monoisotopic (exact) mass is 221 g/mol. The molecule has 1 aromatic rings. The SMILES string of the molecule is NCC#CCSc1cccc(C(=O)O)c1. The predicted molar refractivity (Wildman–Crippen MR) is 61.0 cm³/mol. The van der Waals surface area contributed by atoms with E-state index in [9.17, 15) is 4.79 Å². The molecule has 0 aromatic heterocycles. The maximum absolute atomic E-state index is 10.7. The van der Waals surface area contributed by atoms with Crippen LogP contribution < -0.4 is 5.73 Å². The molecular weight excluding hydrogens is 210 g/mol. The van der Waals surface area contributed by atoms with E-state index in [1.54, 1.807) is 18.2 Å². The first kappa shape index (κ1) is 11.6. The van der Waals surface area contributed by atoms with E-state index in [0.29, 0.717) is 17.9 Å². The van der Waals surface area contributed by atoms with Crippen molar-refractivity contribution in [2.75, 3.05) is 12.3 Å². The van der Waals surface area contributed by atoms with Crippen LogP contribution in [0.5, 0.6) is 0 Å². The number of hydrogen-bond acceptors (Lipinski definition) is 3. The Bertz CT molecular complexity index is 407. The Balaban J connectivity index is 2.62. The fraction of sp³-hybridized carbons (Fsp3) is 0.182. The van der Waals surface area contributed by atoms with Gasteiger partial charge in [0, 0.05) is 4.90 Å². The molecule has 3 nitrogen and oxygen atoms in total. The second-order valence-electron chi connectivity index (χ2n) is 2.68. The van der Waals surface area contributed by atoms with Gasteiger partial charge in [-0.1, -0.05) is 17.9 Å². The number of aromatic carboxylic acids is 1. The molecule has 0 radical (unpaired) electrons. The fourth-order valence-corrected chi connectivity index (χ4v) is 1.69. The zero-order valence-electron chi connectivity index (χ0n) is 8.06. The maximum atomic E-state index is 10.7. The highest BCUT2D eigenvalue weighted by atomic mass is 32.2. The number of carboxylic acids is 1. The van der Waals surface area contributed by atoms with Crippen LogP contribution in [0.2, 0.25) is 0 Å². The lowest BCUT2D eigenvalue weighted by Crippen LogP contribution is -1.95. The van der Waals surface area contributed by atoms with Gasteiger partial charge in [0.15, 0.2) is 0 Å². The van der Waals surface area contributed by atoms with Crippen LogP contribution in [0, 0.1) is 11.8 Å². The molecule has 0 aliphatic rings. The van der Waals surface area contributed by atoms with Gasteiger partial charge >= 0.3 is 5.97 Å². The van der Waals surface area contributed by atoms with Crippen molar-refractivity contribution >= 4 is 17.7 Å². The maximum Gasteiger partial charge on any atom is 0.335 e. The molecule has 0 aliphatic carbocycles. The average molecular weight is 221 g/mol. The van der Waals surface area contributed by atoms with Crippen molar-refractivity contribution in [2.45, 2.75) is 4.90 Å². The molecule has 15 heavy (non-hydrogen) atoms. The molecule has 0 unspecified atom stereocenters. The Labute approximate surface area is 92.7 Å². The molecule has 0 heterocycles. The Morgan fingerprint density at radius 3 is 2.93 bits per heavy atom. The van der Waals surface area contributed by atoms with Gasteiger partial charge in [0.1, 0.15) is 0 Å². The first-order chi connectivity index (χ1) is 7.24. The highest BCUT2D eigenvalue weighted by molar-refractivity contribution is 7.99. The molecule has 0 bridgehead atoms. The largest absolute Gasteiger partial charge is 0.478 e. The van der Waals surface area contributed by atoms with Gasteiger partial charge in [-0.2, -0.15) is 0 Å². The number of rotatable bonds is 3. The average Bonchev–Trinajstić information content (AvgIpc) is 2.25. The van der Waals surface area contributed by atoms with Gasteiger partial charge in [0.2, 0.25) is 0 Å². The van der Waals surface area contributed by atoms with E-state index in [0.717, 1.165) is 4.90 Å². The highest BCUT2D eigenvalue weighted by Crippen LogP contribution is 2.18. The number of hydrogen-bond donors (Lipinski definition) is 2. The number of nitrogens with two attached hydrogens (primary N) is 1. The van der Waals surface area contributed by atoms with Gasteiger partial charge in [0.05, 0.1) is 17.9 Å². The minimum atomic E-state index is -0.912. The van der Waals surface area contributed by atoms with Crippen LogP contribution in [0.15, 0.2) is 29.2 Å². The Hall–Kier alpha value is -1.44. The van der Waals surface area contributed by atoms with E-state index in [1.165, 1.54) is 11.8 Å². The van der Waals surface area contributed by atoms with Crippen LogP contribution in [0.4, 0.5) is 0 Å². The molecular formula is C11H11NO2S. The lowest BCUT2D eigenvalue weighted by atomic mass is 10.2. The van der Waals surface area contributed by atoms with E-state index in [4.69, 9.17) is 10.8 Å². The standard InChI is InChI=1S/C11H11NO2S/c12-6-1-2-7-15-10-5-3-4-9(8-10)11(13)14/h3-5,8H,6-7,12H2,(H,13,14). The summed E-state index contributed by atoms with van der Waals surface area (Å²) < 4.78 is 0. The summed E-state index contributed by atoms with van der Waals surface area (Å²) in [5, 5.41) is 8.77. The first-order valence-electron chi connectivity index (χ1n) is 4.36. The summed E-state index contributed by atoms with van der Waals surface area (Å²) in [7, 11) is 0. The minimum absolute atomic E-state index is 0.298. The number of carbonyl (C=O) groups is 1. The summed E-state index contributed by atoms with van der Waals surface area (Å²) in [6.45, 7) is 0.357. The van der Waals surface area contributed by atoms with Crippen LogP contribution in [-0.2, 0) is 0 Å². The second-order valence-corrected chi connectivity index (χ2v) is 3.73. The number of carboxylic acid groups (broad SMARTS) is 1. The molecule has 0 saturated heterocycles. The van der Waals surface area contributed by atoms with Crippen molar-refractivity contribution < 1.29 is 9.90 Å². The van der Waals surface area contributed by atoms with Gasteiger partial charge < -0.3 is 10.8 Å². The van der Waals surface area contributed by atoms with Gasteiger partial charge in [-0.25, -0.2) is 4.79 Å². The molecule has 0 fully saturated rings. The third-order valence-electron chi connectivity index (χ3n) is 1.62. The third kappa shape index (κ3) is 4.07. The summed E-state index contributed by atoms with van der Waals surface area (Å²) in [6.07, 6.45) is 0. The number of thioether (sulfide) groups is 1. The molecule has 0 saturated carbocycles. The summed E-state index contributed by atoms with van der Waals surface area (Å²) in [5.41, 5.74) is 5.51. The van der Waals surface area contributed by atoms with Crippen molar-refractivity contribution in [3.8, 4) is 11.8 Å². The van der Waals surface area contributed by atoms with Crippen LogP contribution in [0.1, 0.15) is 10.4 Å². The molecule has 3 N–H and O–H groups in total. The van der Waals surface area contributed by atoms with Gasteiger partial charge in [0.25, 0.3) is 0 Å². The molecule has 0 amide bonds. The molecule has 1 aromatic carbocycles. The second kappa shape index (κ2) is 6.12.